The van der Waals surface area contributed by atoms with E-state index in [9.17, 15) is 9.59 Å². The van der Waals surface area contributed by atoms with Crippen molar-refractivity contribution < 1.29 is 19.1 Å². The zero-order valence-electron chi connectivity index (χ0n) is 14.4. The average molecular weight is 330 g/mol. The number of benzene rings is 1. The number of carbonyl (C=O) groups excluding carboxylic acids is 2. The fraction of sp³-hybridized carbons (Fsp3) is 0.333. The lowest BCUT2D eigenvalue weighted by molar-refractivity contribution is 0.0521. The summed E-state index contributed by atoms with van der Waals surface area (Å²) < 4.78 is 11.7. The zero-order valence-corrected chi connectivity index (χ0v) is 14.4. The number of carbonyl (C=O) groups is 2. The van der Waals surface area contributed by atoms with Gasteiger partial charge in [0.1, 0.15) is 11.3 Å². The van der Waals surface area contributed by atoms with Gasteiger partial charge in [-0.05, 0) is 38.5 Å². The highest BCUT2D eigenvalue weighted by atomic mass is 16.6. The molecule has 0 saturated carbocycles. The average Bonchev–Trinajstić information content (AvgIpc) is 3.00. The Morgan fingerprint density at radius 2 is 1.75 bits per heavy atom. The predicted octanol–water partition coefficient (Wildman–Crippen LogP) is 3.35. The van der Waals surface area contributed by atoms with Crippen LogP contribution in [-0.2, 0) is 16.0 Å². The van der Waals surface area contributed by atoms with E-state index in [1.165, 1.54) is 16.8 Å². The summed E-state index contributed by atoms with van der Waals surface area (Å²) in [6.45, 7) is 5.64. The molecule has 0 bridgehead atoms. The molecule has 1 amide bonds. The highest BCUT2D eigenvalue weighted by Gasteiger charge is 2.26. The van der Waals surface area contributed by atoms with E-state index in [1.807, 2.05) is 30.3 Å². The summed E-state index contributed by atoms with van der Waals surface area (Å²) in [6.07, 6.45) is 1.08. The molecule has 0 spiro atoms. The van der Waals surface area contributed by atoms with E-state index in [1.54, 1.807) is 39.1 Å². The van der Waals surface area contributed by atoms with Crippen LogP contribution in [0.1, 0.15) is 36.8 Å². The Hall–Kier alpha value is -2.76. The quantitative estimate of drug-likeness (QED) is 0.807. The van der Waals surface area contributed by atoms with Crippen molar-refractivity contribution in [3.8, 4) is 0 Å². The molecule has 0 aliphatic heterocycles. The number of amides is 1. The maximum atomic E-state index is 12.7. The van der Waals surface area contributed by atoms with Crippen LogP contribution in [0.25, 0.3) is 0 Å². The molecule has 0 fully saturated rings. The van der Waals surface area contributed by atoms with E-state index in [4.69, 9.17) is 9.47 Å². The van der Waals surface area contributed by atoms with Gasteiger partial charge in [0.05, 0.1) is 13.7 Å². The molecule has 6 heteroatoms. The standard InChI is InChI=1S/C18H22N2O4/c1-18(2,3)24-17(22)20(13-14-9-6-5-7-10-14)19-12-8-11-15(19)16(21)23-4/h5-12H,13H2,1-4H3. The molecular weight excluding hydrogens is 308 g/mol. The zero-order chi connectivity index (χ0) is 17.7. The Morgan fingerprint density at radius 3 is 2.33 bits per heavy atom. The van der Waals surface area contributed by atoms with Gasteiger partial charge in [-0.15, -0.1) is 0 Å². The third-order valence-electron chi connectivity index (χ3n) is 3.16. The molecule has 1 aromatic heterocycles. The number of nitrogens with zero attached hydrogens (tertiary/aromatic N) is 2. The van der Waals surface area contributed by atoms with Gasteiger partial charge in [-0.3, -0.25) is 0 Å². The molecule has 24 heavy (non-hydrogen) atoms. The Bertz CT molecular complexity index is 701. The number of hydrogen-bond donors (Lipinski definition) is 0. The lowest BCUT2D eigenvalue weighted by atomic mass is 10.2. The van der Waals surface area contributed by atoms with Gasteiger partial charge >= 0.3 is 12.1 Å². The highest BCUT2D eigenvalue weighted by Crippen LogP contribution is 2.15. The second-order valence-corrected chi connectivity index (χ2v) is 6.25. The largest absolute Gasteiger partial charge is 0.464 e. The lowest BCUT2D eigenvalue weighted by Gasteiger charge is -2.29. The Balaban J connectivity index is 2.37. The molecule has 2 rings (SSSR count). The van der Waals surface area contributed by atoms with Crippen LogP contribution in [0.3, 0.4) is 0 Å². The number of aromatic nitrogens is 1. The molecule has 128 valence electrons. The van der Waals surface area contributed by atoms with Gasteiger partial charge in [0.15, 0.2) is 0 Å². The molecule has 0 N–H and O–H groups in total. The number of rotatable bonds is 4. The van der Waals surface area contributed by atoms with Gasteiger partial charge in [0, 0.05) is 6.20 Å². The Labute approximate surface area is 141 Å². The van der Waals surface area contributed by atoms with Crippen molar-refractivity contribution >= 4 is 12.1 Å². The molecule has 0 atom stereocenters. The summed E-state index contributed by atoms with van der Waals surface area (Å²) in [5, 5.41) is 1.37. The van der Waals surface area contributed by atoms with Crippen LogP contribution in [0.2, 0.25) is 0 Å². The summed E-state index contributed by atoms with van der Waals surface area (Å²) in [7, 11) is 1.30. The third kappa shape index (κ3) is 4.38. The van der Waals surface area contributed by atoms with Gasteiger partial charge in [-0.1, -0.05) is 30.3 Å². The molecule has 0 aliphatic carbocycles. The summed E-state index contributed by atoms with van der Waals surface area (Å²) in [5.41, 5.74) is 0.511. The summed E-state index contributed by atoms with van der Waals surface area (Å²) in [5.74, 6) is -0.526. The fourth-order valence-corrected chi connectivity index (χ4v) is 2.15. The van der Waals surface area contributed by atoms with Crippen molar-refractivity contribution in [2.24, 2.45) is 0 Å². The molecular formula is C18H22N2O4. The Kier molecular flexibility index (Phi) is 5.28. The Morgan fingerprint density at radius 1 is 1.08 bits per heavy atom. The van der Waals surface area contributed by atoms with E-state index in [2.05, 4.69) is 0 Å². The normalized spacial score (nSPS) is 11.0. The van der Waals surface area contributed by atoms with E-state index in [-0.39, 0.29) is 12.2 Å². The first-order valence-electron chi connectivity index (χ1n) is 7.62. The van der Waals surface area contributed by atoms with Gasteiger partial charge in [-0.2, -0.15) is 0 Å². The molecule has 6 nitrogen and oxygen atoms in total. The molecule has 2 aromatic rings. The molecule has 1 heterocycles. The first-order chi connectivity index (χ1) is 11.3. The first-order valence-corrected chi connectivity index (χ1v) is 7.62. The highest BCUT2D eigenvalue weighted by molar-refractivity contribution is 5.89. The number of hydrogen-bond acceptors (Lipinski definition) is 4. The molecule has 0 radical (unpaired) electrons. The van der Waals surface area contributed by atoms with E-state index in [0.717, 1.165) is 5.56 Å². The smallest absolute Gasteiger partial charge is 0.429 e. The lowest BCUT2D eigenvalue weighted by Crippen LogP contribution is -2.44. The summed E-state index contributed by atoms with van der Waals surface area (Å²) in [4.78, 5) is 24.6. The van der Waals surface area contributed by atoms with Crippen molar-refractivity contribution in [1.29, 1.82) is 0 Å². The molecule has 1 aromatic carbocycles. The number of methoxy groups -OCH3 is 1. The van der Waals surface area contributed by atoms with Crippen molar-refractivity contribution in [3.05, 3.63) is 59.9 Å². The first kappa shape index (κ1) is 17.6. The van der Waals surface area contributed by atoms with E-state index in [0.29, 0.717) is 0 Å². The summed E-state index contributed by atoms with van der Waals surface area (Å²) in [6, 6.07) is 12.7. The maximum Gasteiger partial charge on any atom is 0.429 e. The van der Waals surface area contributed by atoms with Crippen LogP contribution in [0, 0.1) is 0 Å². The number of ether oxygens (including phenoxy) is 2. The van der Waals surface area contributed by atoms with Crippen LogP contribution >= 0.6 is 0 Å². The van der Waals surface area contributed by atoms with Gasteiger partial charge < -0.3 is 9.47 Å². The van der Waals surface area contributed by atoms with Crippen LogP contribution in [0.15, 0.2) is 48.7 Å². The second-order valence-electron chi connectivity index (χ2n) is 6.25. The fourth-order valence-electron chi connectivity index (χ4n) is 2.15. The second kappa shape index (κ2) is 7.21. The molecule has 0 unspecified atom stereocenters. The van der Waals surface area contributed by atoms with Crippen molar-refractivity contribution in [2.45, 2.75) is 32.9 Å². The monoisotopic (exact) mass is 330 g/mol. The minimum absolute atomic E-state index is 0.249. The minimum Gasteiger partial charge on any atom is -0.464 e. The van der Waals surface area contributed by atoms with Gasteiger partial charge in [0.2, 0.25) is 0 Å². The molecule has 0 saturated heterocycles. The SMILES string of the molecule is COC(=O)c1cccn1N(Cc1ccccc1)C(=O)OC(C)(C)C. The number of esters is 1. The van der Waals surface area contributed by atoms with Crippen molar-refractivity contribution in [2.75, 3.05) is 12.1 Å². The van der Waals surface area contributed by atoms with Crippen molar-refractivity contribution in [1.82, 2.24) is 4.68 Å². The minimum atomic E-state index is -0.648. The third-order valence-corrected chi connectivity index (χ3v) is 3.16. The van der Waals surface area contributed by atoms with E-state index >= 15 is 0 Å². The maximum absolute atomic E-state index is 12.7. The summed E-state index contributed by atoms with van der Waals surface area (Å²) >= 11 is 0. The van der Waals surface area contributed by atoms with E-state index < -0.39 is 17.7 Å². The van der Waals surface area contributed by atoms with Crippen LogP contribution < -0.4 is 5.01 Å². The van der Waals surface area contributed by atoms with Gasteiger partial charge in [0.25, 0.3) is 0 Å². The predicted molar refractivity (Wildman–Crippen MR) is 90.4 cm³/mol. The van der Waals surface area contributed by atoms with Gasteiger partial charge in [-0.25, -0.2) is 19.3 Å². The van der Waals surface area contributed by atoms with Crippen LogP contribution in [0.5, 0.6) is 0 Å². The van der Waals surface area contributed by atoms with Crippen LogP contribution in [-0.4, -0.2) is 29.4 Å². The van der Waals surface area contributed by atoms with Crippen LogP contribution in [0.4, 0.5) is 4.79 Å². The molecule has 0 aliphatic rings. The topological polar surface area (TPSA) is 60.8 Å². The van der Waals surface area contributed by atoms with Crippen molar-refractivity contribution in [3.63, 3.8) is 0 Å².